The Bertz CT molecular complexity index is 972. The summed E-state index contributed by atoms with van der Waals surface area (Å²) in [5.41, 5.74) is 17.2. The predicted molar refractivity (Wildman–Crippen MR) is 146 cm³/mol. The van der Waals surface area contributed by atoms with Crippen LogP contribution < -0.4 is 33.2 Å². The topological polar surface area (TPSA) is 235 Å². The van der Waals surface area contributed by atoms with Crippen molar-refractivity contribution in [3.8, 4) is 5.75 Å². The number of nitrogens with two attached hydrogens (primary N) is 3. The van der Waals surface area contributed by atoms with E-state index in [-0.39, 0.29) is 42.8 Å². The first-order valence-electron chi connectivity index (χ1n) is 12.2. The maximum atomic E-state index is 13.2. The third kappa shape index (κ3) is 11.3. The molecule has 0 aromatic heterocycles. The number of hydrogen-bond donors (Lipinski definition) is 9. The second-order valence-corrected chi connectivity index (χ2v) is 9.31. The third-order valence-corrected chi connectivity index (χ3v) is 6.27. The number of hydrogen-bond acceptors (Lipinski definition) is 8. The third-order valence-electron chi connectivity index (χ3n) is 5.91. The lowest BCUT2D eigenvalue weighted by molar-refractivity contribution is -0.143. The SMILES string of the molecule is CCC(C)C(NC(=O)C(CS)NC(=O)C(Cc1ccc(O)cc1)NC(=O)C(N)CCCN=C(N)N)C(=O)O. The van der Waals surface area contributed by atoms with E-state index in [9.17, 15) is 29.4 Å². The molecule has 0 fully saturated rings. The molecule has 0 radical (unpaired) electrons. The fraction of sp³-hybridized carbons (Fsp3) is 0.542. The molecule has 0 spiro atoms. The summed E-state index contributed by atoms with van der Waals surface area (Å²) in [7, 11) is 0. The highest BCUT2D eigenvalue weighted by Crippen LogP contribution is 2.12. The molecule has 212 valence electrons. The van der Waals surface area contributed by atoms with Gasteiger partial charge in [-0.05, 0) is 36.5 Å². The average molecular weight is 554 g/mol. The molecule has 5 unspecified atom stereocenters. The number of aliphatic imine (C=N–C) groups is 1. The van der Waals surface area contributed by atoms with Crippen molar-refractivity contribution >= 4 is 42.3 Å². The number of thiol groups is 1. The Morgan fingerprint density at radius 1 is 1.00 bits per heavy atom. The Morgan fingerprint density at radius 3 is 2.11 bits per heavy atom. The van der Waals surface area contributed by atoms with Crippen LogP contribution >= 0.6 is 12.6 Å². The number of carboxylic acid groups (broad SMARTS) is 1. The van der Waals surface area contributed by atoms with Crippen LogP contribution in [0.4, 0.5) is 0 Å². The molecular formula is C24H39N7O6S. The number of guanidine groups is 1. The van der Waals surface area contributed by atoms with Gasteiger partial charge < -0.3 is 43.4 Å². The first-order valence-corrected chi connectivity index (χ1v) is 12.9. The molecule has 0 aliphatic rings. The Kier molecular flexibility index (Phi) is 14.0. The number of phenolic OH excluding ortho intramolecular Hbond substituents is 1. The zero-order valence-corrected chi connectivity index (χ0v) is 22.5. The summed E-state index contributed by atoms with van der Waals surface area (Å²) in [5, 5.41) is 26.6. The van der Waals surface area contributed by atoms with Crippen LogP contribution in [0.15, 0.2) is 29.3 Å². The van der Waals surface area contributed by atoms with Crippen LogP contribution in [-0.2, 0) is 25.6 Å². The molecule has 0 heterocycles. The highest BCUT2D eigenvalue weighted by atomic mass is 32.1. The average Bonchev–Trinajstić information content (AvgIpc) is 2.87. The molecule has 1 aromatic rings. The highest BCUT2D eigenvalue weighted by molar-refractivity contribution is 7.80. The molecule has 1 rings (SSSR count). The monoisotopic (exact) mass is 553 g/mol. The molecule has 0 aliphatic heterocycles. The Morgan fingerprint density at radius 2 is 1.58 bits per heavy atom. The van der Waals surface area contributed by atoms with Gasteiger partial charge in [0.2, 0.25) is 17.7 Å². The number of carboxylic acids is 1. The van der Waals surface area contributed by atoms with Gasteiger partial charge in [-0.25, -0.2) is 4.79 Å². The smallest absolute Gasteiger partial charge is 0.326 e. The van der Waals surface area contributed by atoms with E-state index in [0.29, 0.717) is 18.4 Å². The van der Waals surface area contributed by atoms with E-state index in [1.807, 2.05) is 0 Å². The van der Waals surface area contributed by atoms with Crippen LogP contribution in [0.5, 0.6) is 5.75 Å². The number of nitrogens with one attached hydrogen (secondary N) is 3. The summed E-state index contributed by atoms with van der Waals surface area (Å²) >= 11 is 4.14. The molecule has 0 saturated carbocycles. The van der Waals surface area contributed by atoms with Crippen LogP contribution in [0.2, 0.25) is 0 Å². The minimum absolute atomic E-state index is 0.0303. The molecule has 38 heavy (non-hydrogen) atoms. The van der Waals surface area contributed by atoms with Crippen molar-refractivity contribution in [3.63, 3.8) is 0 Å². The largest absolute Gasteiger partial charge is 0.508 e. The number of carbonyl (C=O) groups excluding carboxylic acids is 3. The molecule has 3 amide bonds. The summed E-state index contributed by atoms with van der Waals surface area (Å²) < 4.78 is 0. The molecule has 0 saturated heterocycles. The van der Waals surface area contributed by atoms with Gasteiger partial charge in [-0.15, -0.1) is 0 Å². The van der Waals surface area contributed by atoms with E-state index in [4.69, 9.17) is 17.2 Å². The number of phenols is 1. The summed E-state index contributed by atoms with van der Waals surface area (Å²) in [4.78, 5) is 54.2. The molecule has 0 aliphatic carbocycles. The van der Waals surface area contributed by atoms with Gasteiger partial charge in [0.1, 0.15) is 23.9 Å². The first kappa shape index (κ1) is 32.5. The summed E-state index contributed by atoms with van der Waals surface area (Å²) in [5.74, 6) is -3.70. The number of benzene rings is 1. The van der Waals surface area contributed by atoms with E-state index >= 15 is 0 Å². The molecular weight excluding hydrogens is 514 g/mol. The zero-order valence-electron chi connectivity index (χ0n) is 21.6. The van der Waals surface area contributed by atoms with Gasteiger partial charge in [-0.3, -0.25) is 19.4 Å². The number of aliphatic carboxylic acids is 1. The summed E-state index contributed by atoms with van der Waals surface area (Å²) in [6.07, 6.45) is 1.24. The molecule has 14 heteroatoms. The lowest BCUT2D eigenvalue weighted by Gasteiger charge is -2.26. The van der Waals surface area contributed by atoms with Crippen molar-refractivity contribution in [2.24, 2.45) is 28.1 Å². The summed E-state index contributed by atoms with van der Waals surface area (Å²) in [6, 6.07) is 1.66. The van der Waals surface area contributed by atoms with E-state index in [1.54, 1.807) is 26.0 Å². The standard InChI is InChI=1S/C24H39N7O6S/c1-3-13(2)19(23(36)37)31-22(35)18(12-38)30-21(34)17(11-14-6-8-15(32)9-7-14)29-20(33)16(25)5-4-10-28-24(26)27/h6-9,13,16-19,32,38H,3-5,10-12,25H2,1-2H3,(H,29,33)(H,30,34)(H,31,35)(H,36,37)(H4,26,27,28). The van der Waals surface area contributed by atoms with E-state index < -0.39 is 47.9 Å². The van der Waals surface area contributed by atoms with Crippen molar-refractivity contribution in [3.05, 3.63) is 29.8 Å². The number of aromatic hydroxyl groups is 1. The second-order valence-electron chi connectivity index (χ2n) is 8.94. The minimum Gasteiger partial charge on any atom is -0.508 e. The molecule has 1 aromatic carbocycles. The normalized spacial score (nSPS) is 14.7. The minimum atomic E-state index is -1.19. The van der Waals surface area contributed by atoms with Gasteiger partial charge in [0.15, 0.2) is 5.96 Å². The van der Waals surface area contributed by atoms with E-state index in [0.717, 1.165) is 0 Å². The molecule has 5 atom stereocenters. The van der Waals surface area contributed by atoms with Crippen LogP contribution in [0.1, 0.15) is 38.7 Å². The van der Waals surface area contributed by atoms with Crippen LogP contribution in [-0.4, -0.2) is 76.3 Å². The molecule has 13 nitrogen and oxygen atoms in total. The number of rotatable bonds is 16. The predicted octanol–water partition coefficient (Wildman–Crippen LogP) is -1.17. The van der Waals surface area contributed by atoms with Crippen LogP contribution in [0.3, 0.4) is 0 Å². The lowest BCUT2D eigenvalue weighted by Crippen LogP contribution is -2.58. The van der Waals surface area contributed by atoms with Crippen molar-refractivity contribution in [1.29, 1.82) is 0 Å². The second kappa shape index (κ2) is 16.3. The fourth-order valence-electron chi connectivity index (χ4n) is 3.41. The maximum absolute atomic E-state index is 13.2. The van der Waals surface area contributed by atoms with Crippen molar-refractivity contribution in [2.45, 2.75) is 63.7 Å². The summed E-state index contributed by atoms with van der Waals surface area (Å²) in [6.45, 7) is 3.78. The van der Waals surface area contributed by atoms with Crippen molar-refractivity contribution in [2.75, 3.05) is 12.3 Å². The maximum Gasteiger partial charge on any atom is 0.326 e. The van der Waals surface area contributed by atoms with Crippen LogP contribution in [0.25, 0.3) is 0 Å². The van der Waals surface area contributed by atoms with E-state index in [2.05, 4.69) is 33.6 Å². The van der Waals surface area contributed by atoms with Crippen LogP contribution in [0, 0.1) is 5.92 Å². The van der Waals surface area contributed by atoms with E-state index in [1.165, 1.54) is 12.1 Å². The van der Waals surface area contributed by atoms with Gasteiger partial charge in [0.25, 0.3) is 0 Å². The number of nitrogens with zero attached hydrogens (tertiary/aromatic N) is 1. The molecule has 0 bridgehead atoms. The lowest BCUT2D eigenvalue weighted by atomic mass is 9.99. The number of amides is 3. The number of carbonyl (C=O) groups is 4. The van der Waals surface area contributed by atoms with Gasteiger partial charge in [0.05, 0.1) is 6.04 Å². The van der Waals surface area contributed by atoms with Crippen molar-refractivity contribution in [1.82, 2.24) is 16.0 Å². The fourth-order valence-corrected chi connectivity index (χ4v) is 3.67. The molecule has 11 N–H and O–H groups in total. The van der Waals surface area contributed by atoms with Gasteiger partial charge in [-0.1, -0.05) is 32.4 Å². The Labute approximate surface area is 227 Å². The quantitative estimate of drug-likeness (QED) is 0.0518. The van der Waals surface area contributed by atoms with Crippen molar-refractivity contribution < 1.29 is 29.4 Å². The van der Waals surface area contributed by atoms with Gasteiger partial charge in [-0.2, -0.15) is 12.6 Å². The highest BCUT2D eigenvalue weighted by Gasteiger charge is 2.31. The Hall–Kier alpha value is -3.52. The zero-order chi connectivity index (χ0) is 28.8. The first-order chi connectivity index (χ1) is 17.9. The Balaban J connectivity index is 3.00. The van der Waals surface area contributed by atoms with Gasteiger partial charge in [0, 0.05) is 18.7 Å². The van der Waals surface area contributed by atoms with Gasteiger partial charge >= 0.3 is 5.97 Å².